The Balaban J connectivity index is 2.56. The number of carbonyl (C=O) groups is 2. The quantitative estimate of drug-likeness (QED) is 0.688. The van der Waals surface area contributed by atoms with E-state index in [9.17, 15) is 9.59 Å². The number of methoxy groups -OCH3 is 1. The number of halogens is 1. The maximum Gasteiger partial charge on any atom is 0.413 e. The minimum atomic E-state index is -1.35. The summed E-state index contributed by atoms with van der Waals surface area (Å²) >= 11 is 6.12. The fourth-order valence-electron chi connectivity index (χ4n) is 3.34. The van der Waals surface area contributed by atoms with Crippen molar-refractivity contribution in [3.63, 3.8) is 0 Å². The lowest BCUT2D eigenvalue weighted by atomic mass is 9.87. The third kappa shape index (κ3) is 4.78. The molecule has 1 amide bonds. The van der Waals surface area contributed by atoms with Crippen molar-refractivity contribution in [2.45, 2.75) is 65.3 Å². The van der Waals surface area contributed by atoms with Crippen molar-refractivity contribution >= 4 is 23.7 Å². The third-order valence-corrected chi connectivity index (χ3v) is 4.69. The van der Waals surface area contributed by atoms with Crippen LogP contribution in [0.15, 0.2) is 24.3 Å². The van der Waals surface area contributed by atoms with Crippen LogP contribution < -0.4 is 0 Å². The maximum atomic E-state index is 13.2. The average Bonchev–Trinajstić information content (AvgIpc) is 2.93. The predicted molar refractivity (Wildman–Crippen MR) is 107 cm³/mol. The summed E-state index contributed by atoms with van der Waals surface area (Å²) in [6, 6.07) is 7.18. The molecular weight excluding hydrogens is 382 g/mol. The number of benzene rings is 1. The molecule has 1 aromatic rings. The smallest absolute Gasteiger partial charge is 0.413 e. The summed E-state index contributed by atoms with van der Waals surface area (Å²) in [7, 11) is 1.31. The summed E-state index contributed by atoms with van der Waals surface area (Å²) in [6.45, 7) is 11.2. The number of amides is 1. The Hall–Kier alpha value is -1.79. The minimum Gasteiger partial charge on any atom is -0.467 e. The minimum absolute atomic E-state index is 0.00731. The molecule has 6 nitrogen and oxygen atoms in total. The highest BCUT2D eigenvalue weighted by molar-refractivity contribution is 6.30. The first-order valence-corrected chi connectivity index (χ1v) is 9.65. The average molecular weight is 412 g/mol. The Morgan fingerprint density at radius 3 is 2.39 bits per heavy atom. The molecule has 156 valence electrons. The molecule has 1 fully saturated rings. The molecule has 0 bridgehead atoms. The van der Waals surface area contributed by atoms with E-state index in [2.05, 4.69) is 0 Å². The van der Waals surface area contributed by atoms with E-state index < -0.39 is 34.8 Å². The van der Waals surface area contributed by atoms with Gasteiger partial charge in [0, 0.05) is 16.9 Å². The van der Waals surface area contributed by atoms with Gasteiger partial charge in [0.1, 0.15) is 11.8 Å². The second-order valence-electron chi connectivity index (χ2n) is 9.21. The monoisotopic (exact) mass is 411 g/mol. The van der Waals surface area contributed by atoms with Crippen LogP contribution in [0, 0.1) is 5.41 Å². The Kier molecular flexibility index (Phi) is 6.36. The summed E-state index contributed by atoms with van der Waals surface area (Å²) in [5.41, 5.74) is -1.72. The largest absolute Gasteiger partial charge is 0.467 e. The van der Waals surface area contributed by atoms with Gasteiger partial charge in [-0.1, -0.05) is 44.5 Å². The van der Waals surface area contributed by atoms with E-state index in [1.807, 2.05) is 26.8 Å². The molecule has 1 aliphatic rings. The van der Waals surface area contributed by atoms with Crippen LogP contribution >= 0.6 is 11.6 Å². The molecular formula is C21H30ClNO5. The molecule has 28 heavy (non-hydrogen) atoms. The molecule has 0 saturated carbocycles. The van der Waals surface area contributed by atoms with Gasteiger partial charge >= 0.3 is 12.1 Å². The molecule has 0 aromatic heterocycles. The zero-order valence-electron chi connectivity index (χ0n) is 17.7. The SMILES string of the molecule is COC(=O)C1(Cc2cccc(Cl)c2)CO[C@@H](C(C)(C)C)N1C(=O)OC(C)(C)C. The number of nitrogens with zero attached hydrogens (tertiary/aromatic N) is 1. The van der Waals surface area contributed by atoms with Crippen molar-refractivity contribution in [1.29, 1.82) is 0 Å². The van der Waals surface area contributed by atoms with Gasteiger partial charge in [-0.05, 0) is 38.5 Å². The van der Waals surface area contributed by atoms with Crippen LogP contribution in [0.1, 0.15) is 47.1 Å². The highest BCUT2D eigenvalue weighted by atomic mass is 35.5. The molecule has 2 rings (SSSR count). The van der Waals surface area contributed by atoms with Gasteiger partial charge in [-0.2, -0.15) is 0 Å². The summed E-state index contributed by atoms with van der Waals surface area (Å²) in [5, 5.41) is 0.549. The Morgan fingerprint density at radius 2 is 1.89 bits per heavy atom. The lowest BCUT2D eigenvalue weighted by Crippen LogP contribution is -2.61. The summed E-state index contributed by atoms with van der Waals surface area (Å²) in [4.78, 5) is 27.6. The van der Waals surface area contributed by atoms with Gasteiger partial charge in [-0.25, -0.2) is 9.59 Å². The van der Waals surface area contributed by atoms with Crippen molar-refractivity contribution in [2.24, 2.45) is 5.41 Å². The second-order valence-corrected chi connectivity index (χ2v) is 9.65. The molecule has 0 spiro atoms. The van der Waals surface area contributed by atoms with E-state index in [4.69, 9.17) is 25.8 Å². The van der Waals surface area contributed by atoms with Gasteiger partial charge in [0.2, 0.25) is 0 Å². The number of rotatable bonds is 3. The standard InChI is InChI=1S/C21H30ClNO5/c1-19(2,3)16-23(18(25)28-20(4,5)6)21(13-27-16,17(24)26-7)12-14-9-8-10-15(22)11-14/h8-11,16H,12-13H2,1-7H3/t16-,21?/m0/s1. The first-order chi connectivity index (χ1) is 12.8. The molecule has 1 unspecified atom stereocenters. The molecule has 1 saturated heterocycles. The molecule has 7 heteroatoms. The van der Waals surface area contributed by atoms with E-state index in [0.717, 1.165) is 5.56 Å². The van der Waals surface area contributed by atoms with E-state index >= 15 is 0 Å². The van der Waals surface area contributed by atoms with Crippen LogP contribution in [-0.2, 0) is 25.4 Å². The van der Waals surface area contributed by atoms with Gasteiger partial charge < -0.3 is 14.2 Å². The fraction of sp³-hybridized carbons (Fsp3) is 0.619. The van der Waals surface area contributed by atoms with Crippen LogP contribution in [-0.4, -0.2) is 48.0 Å². The van der Waals surface area contributed by atoms with E-state index in [0.29, 0.717) is 5.02 Å². The van der Waals surface area contributed by atoms with Crippen LogP contribution in [0.2, 0.25) is 5.02 Å². The van der Waals surface area contributed by atoms with Crippen molar-refractivity contribution in [1.82, 2.24) is 4.90 Å². The topological polar surface area (TPSA) is 65.1 Å². The van der Waals surface area contributed by atoms with Gasteiger partial charge in [0.05, 0.1) is 13.7 Å². The summed E-state index contributed by atoms with van der Waals surface area (Å²) < 4.78 is 16.7. The number of carbonyl (C=O) groups excluding carboxylic acids is 2. The van der Waals surface area contributed by atoms with Crippen LogP contribution in [0.3, 0.4) is 0 Å². The first-order valence-electron chi connectivity index (χ1n) is 9.27. The normalized spacial score (nSPS) is 22.9. The Bertz CT molecular complexity index is 737. The number of esters is 1. The third-order valence-electron chi connectivity index (χ3n) is 4.46. The highest BCUT2D eigenvalue weighted by Gasteiger charge is 2.59. The molecule has 1 aliphatic heterocycles. The Morgan fingerprint density at radius 1 is 1.25 bits per heavy atom. The van der Waals surface area contributed by atoms with Crippen LogP contribution in [0.5, 0.6) is 0 Å². The molecule has 1 aromatic carbocycles. The van der Waals surface area contributed by atoms with Crippen molar-refractivity contribution in [2.75, 3.05) is 13.7 Å². The van der Waals surface area contributed by atoms with Crippen molar-refractivity contribution in [3.8, 4) is 0 Å². The van der Waals surface area contributed by atoms with Crippen LogP contribution in [0.4, 0.5) is 4.79 Å². The van der Waals surface area contributed by atoms with Gasteiger partial charge in [0.15, 0.2) is 5.54 Å². The molecule has 0 radical (unpaired) electrons. The zero-order chi connectivity index (χ0) is 21.3. The summed E-state index contributed by atoms with van der Waals surface area (Å²) in [6.07, 6.45) is -1.07. The zero-order valence-corrected chi connectivity index (χ0v) is 18.4. The lowest BCUT2D eigenvalue weighted by molar-refractivity contribution is -0.154. The number of hydrogen-bond acceptors (Lipinski definition) is 5. The van der Waals surface area contributed by atoms with E-state index in [1.165, 1.54) is 12.0 Å². The van der Waals surface area contributed by atoms with Crippen LogP contribution in [0.25, 0.3) is 0 Å². The highest BCUT2D eigenvalue weighted by Crippen LogP contribution is 2.40. The maximum absolute atomic E-state index is 13.2. The van der Waals surface area contributed by atoms with Gasteiger partial charge in [-0.15, -0.1) is 0 Å². The fourth-order valence-corrected chi connectivity index (χ4v) is 3.56. The first kappa shape index (κ1) is 22.5. The molecule has 0 aliphatic carbocycles. The van der Waals surface area contributed by atoms with Gasteiger partial charge in [-0.3, -0.25) is 4.90 Å². The van der Waals surface area contributed by atoms with Crippen molar-refractivity contribution < 1.29 is 23.8 Å². The molecule has 2 atom stereocenters. The number of hydrogen-bond donors (Lipinski definition) is 0. The Labute approximate surface area is 172 Å². The predicted octanol–water partition coefficient (Wildman–Crippen LogP) is 4.43. The van der Waals surface area contributed by atoms with E-state index in [-0.39, 0.29) is 13.0 Å². The summed E-state index contributed by atoms with van der Waals surface area (Å²) in [5.74, 6) is -0.551. The van der Waals surface area contributed by atoms with Crippen molar-refractivity contribution in [3.05, 3.63) is 34.9 Å². The number of ether oxygens (including phenoxy) is 3. The molecule has 1 heterocycles. The van der Waals surface area contributed by atoms with E-state index in [1.54, 1.807) is 39.0 Å². The van der Waals surface area contributed by atoms with Gasteiger partial charge in [0.25, 0.3) is 0 Å². The lowest BCUT2D eigenvalue weighted by Gasteiger charge is -2.41. The molecule has 0 N–H and O–H groups in total. The second kappa shape index (κ2) is 7.91.